The van der Waals surface area contributed by atoms with E-state index >= 15 is 0 Å². The molecule has 2 aromatic heterocycles. The summed E-state index contributed by atoms with van der Waals surface area (Å²) in [6.07, 6.45) is 6.58. The molecule has 0 aliphatic carbocycles. The van der Waals surface area contributed by atoms with Crippen LogP contribution < -0.4 is 5.32 Å². The third kappa shape index (κ3) is 5.10. The van der Waals surface area contributed by atoms with E-state index in [1.165, 1.54) is 12.3 Å². The van der Waals surface area contributed by atoms with E-state index < -0.39 is 0 Å². The minimum Gasteiger partial charge on any atom is -0.358 e. The molecule has 0 spiro atoms. The van der Waals surface area contributed by atoms with Crippen molar-refractivity contribution >= 4 is 39.5 Å². The molecule has 0 aliphatic heterocycles. The van der Waals surface area contributed by atoms with Crippen molar-refractivity contribution in [1.29, 1.82) is 0 Å². The summed E-state index contributed by atoms with van der Waals surface area (Å²) >= 11 is 11.8. The average molecular weight is 430 g/mol. The number of benzene rings is 1. The van der Waals surface area contributed by atoms with Gasteiger partial charge in [0.1, 0.15) is 16.5 Å². The molecule has 148 valence electrons. The maximum Gasteiger partial charge on any atom is 0.157 e. The molecule has 3 rings (SSSR count). The first-order valence-corrected chi connectivity index (χ1v) is 9.38. The Morgan fingerprint density at radius 2 is 2.21 bits per heavy atom. The molecule has 8 heteroatoms. The molecule has 0 fully saturated rings. The lowest BCUT2D eigenvalue weighted by Gasteiger charge is -2.11. The molecule has 0 saturated heterocycles. The summed E-state index contributed by atoms with van der Waals surface area (Å²) in [4.78, 5) is 15.6. The van der Waals surface area contributed by atoms with Crippen LogP contribution in [0.25, 0.3) is 22.4 Å². The van der Waals surface area contributed by atoms with Gasteiger partial charge < -0.3 is 10.3 Å². The lowest BCUT2D eigenvalue weighted by Crippen LogP contribution is -2.13. The van der Waals surface area contributed by atoms with Crippen LogP contribution in [0.3, 0.4) is 0 Å². The van der Waals surface area contributed by atoms with Gasteiger partial charge in [-0.25, -0.2) is 19.4 Å². The smallest absolute Gasteiger partial charge is 0.157 e. The molecule has 2 heterocycles. The first-order valence-electron chi connectivity index (χ1n) is 8.63. The molecule has 0 amide bonds. The summed E-state index contributed by atoms with van der Waals surface area (Å²) in [6, 6.07) is 4.90. The number of halogens is 3. The summed E-state index contributed by atoms with van der Waals surface area (Å²) in [7, 11) is 0. The number of fused-ring (bicyclic) bond motifs is 1. The standard InChI is InChI=1S/C21H18Cl2FN5/c1-4-16(9-25-13(3)22)28-12(2)7-14-5-6-15(8-18(14)24)19-11-27-21-20(29-19)17(23)10-26-21/h4-6,8-11,28H,1-2,7H2,3H3,(H,26,27)/b16-9+,25-13?. The number of aliphatic imine (C=N–C) groups is 1. The van der Waals surface area contributed by atoms with Gasteiger partial charge in [0.25, 0.3) is 0 Å². The largest absolute Gasteiger partial charge is 0.358 e. The monoisotopic (exact) mass is 429 g/mol. The van der Waals surface area contributed by atoms with Crippen molar-refractivity contribution in [2.24, 2.45) is 4.99 Å². The van der Waals surface area contributed by atoms with Gasteiger partial charge in [-0.3, -0.25) is 0 Å². The minimum absolute atomic E-state index is 0.287. The van der Waals surface area contributed by atoms with E-state index in [0.29, 0.717) is 49.6 Å². The number of aromatic nitrogens is 3. The van der Waals surface area contributed by atoms with E-state index in [4.69, 9.17) is 23.2 Å². The Morgan fingerprint density at radius 3 is 2.90 bits per heavy atom. The van der Waals surface area contributed by atoms with Crippen molar-refractivity contribution in [3.8, 4) is 11.3 Å². The van der Waals surface area contributed by atoms with Crippen molar-refractivity contribution < 1.29 is 4.39 Å². The summed E-state index contributed by atoms with van der Waals surface area (Å²) < 4.78 is 14.7. The lowest BCUT2D eigenvalue weighted by molar-refractivity contribution is 0.612. The number of hydrogen-bond donors (Lipinski definition) is 2. The molecule has 0 radical (unpaired) electrons. The fourth-order valence-corrected chi connectivity index (χ4v) is 2.86. The Kier molecular flexibility index (Phi) is 6.46. The molecule has 3 aromatic rings. The predicted molar refractivity (Wildman–Crippen MR) is 118 cm³/mol. The van der Waals surface area contributed by atoms with Crippen LogP contribution in [0.4, 0.5) is 4.39 Å². The van der Waals surface area contributed by atoms with Crippen molar-refractivity contribution in [2.45, 2.75) is 13.3 Å². The van der Waals surface area contributed by atoms with Crippen LogP contribution in [-0.4, -0.2) is 20.1 Å². The van der Waals surface area contributed by atoms with Crippen LogP contribution in [0.15, 0.2) is 72.4 Å². The minimum atomic E-state index is -0.369. The van der Waals surface area contributed by atoms with Crippen molar-refractivity contribution in [3.63, 3.8) is 0 Å². The number of nitrogens with zero attached hydrogens (tertiary/aromatic N) is 3. The molecule has 1 aromatic carbocycles. The van der Waals surface area contributed by atoms with Crippen molar-refractivity contribution in [3.05, 3.63) is 83.8 Å². The number of allylic oxidation sites excluding steroid dienone is 2. The molecule has 29 heavy (non-hydrogen) atoms. The molecule has 0 unspecified atom stereocenters. The van der Waals surface area contributed by atoms with Gasteiger partial charge >= 0.3 is 0 Å². The Balaban J connectivity index is 1.77. The topological polar surface area (TPSA) is 66.0 Å². The third-order valence-corrected chi connectivity index (χ3v) is 4.40. The molecule has 5 nitrogen and oxygen atoms in total. The summed E-state index contributed by atoms with van der Waals surface area (Å²) in [6.45, 7) is 9.30. The highest BCUT2D eigenvalue weighted by Crippen LogP contribution is 2.25. The second kappa shape index (κ2) is 9.03. The maximum absolute atomic E-state index is 14.7. The number of rotatable bonds is 7. The Hall–Kier alpha value is -2.96. The molecular weight excluding hydrogens is 412 g/mol. The fraction of sp³-hybridized carbons (Fsp3) is 0.0952. The number of hydrogen-bond acceptors (Lipinski definition) is 4. The van der Waals surface area contributed by atoms with E-state index in [1.807, 2.05) is 0 Å². The molecule has 0 atom stereocenters. The predicted octanol–water partition coefficient (Wildman–Crippen LogP) is 5.75. The zero-order valence-corrected chi connectivity index (χ0v) is 17.2. The van der Waals surface area contributed by atoms with Gasteiger partial charge in [-0.1, -0.05) is 48.5 Å². The summed E-state index contributed by atoms with van der Waals surface area (Å²) in [5.74, 6) is -0.369. The van der Waals surface area contributed by atoms with Crippen LogP contribution in [0.5, 0.6) is 0 Å². The molecule has 0 bridgehead atoms. The van der Waals surface area contributed by atoms with E-state index in [1.54, 1.807) is 37.5 Å². The quantitative estimate of drug-likeness (QED) is 0.371. The summed E-state index contributed by atoms with van der Waals surface area (Å²) in [5.41, 5.74) is 3.95. The Labute approximate surface area is 177 Å². The molecule has 0 saturated carbocycles. The number of nitrogens with one attached hydrogen (secondary N) is 2. The third-order valence-electron chi connectivity index (χ3n) is 4.01. The van der Waals surface area contributed by atoms with E-state index in [2.05, 4.69) is 38.4 Å². The van der Waals surface area contributed by atoms with Gasteiger partial charge in [-0.15, -0.1) is 0 Å². The van der Waals surface area contributed by atoms with Crippen LogP contribution in [0, 0.1) is 5.82 Å². The Morgan fingerprint density at radius 1 is 1.41 bits per heavy atom. The first-order chi connectivity index (χ1) is 13.9. The maximum atomic E-state index is 14.7. The SMILES string of the molecule is C=C/C(=C\N=C(C)Cl)NC(=C)Cc1ccc(-c2cnc3[nH]cc(Cl)c3n2)cc1F. The second-order valence-corrected chi connectivity index (χ2v) is 7.17. The molecule has 0 aliphatic rings. The van der Waals surface area contributed by atoms with Crippen LogP contribution in [0.1, 0.15) is 12.5 Å². The van der Waals surface area contributed by atoms with Crippen LogP contribution in [-0.2, 0) is 6.42 Å². The van der Waals surface area contributed by atoms with Gasteiger partial charge in [0.05, 0.1) is 28.8 Å². The normalized spacial score (nSPS) is 12.3. The second-order valence-electron chi connectivity index (χ2n) is 6.22. The average Bonchev–Trinajstić information content (AvgIpc) is 3.07. The van der Waals surface area contributed by atoms with Crippen LogP contribution in [0.2, 0.25) is 5.02 Å². The lowest BCUT2D eigenvalue weighted by atomic mass is 10.0. The summed E-state index contributed by atoms with van der Waals surface area (Å²) in [5, 5.41) is 3.90. The Bertz CT molecular complexity index is 1140. The zero-order valence-electron chi connectivity index (χ0n) is 15.6. The van der Waals surface area contributed by atoms with Crippen molar-refractivity contribution in [1.82, 2.24) is 20.3 Å². The van der Waals surface area contributed by atoms with Gasteiger partial charge in [0.15, 0.2) is 5.65 Å². The van der Waals surface area contributed by atoms with E-state index in [9.17, 15) is 4.39 Å². The molecule has 2 N–H and O–H groups in total. The van der Waals surface area contributed by atoms with E-state index in [-0.39, 0.29) is 12.2 Å². The van der Waals surface area contributed by atoms with Gasteiger partial charge in [0.2, 0.25) is 0 Å². The highest BCUT2D eigenvalue weighted by Gasteiger charge is 2.11. The zero-order chi connectivity index (χ0) is 21.0. The van der Waals surface area contributed by atoms with Gasteiger partial charge in [0, 0.05) is 23.9 Å². The first kappa shape index (κ1) is 20.8. The van der Waals surface area contributed by atoms with Crippen molar-refractivity contribution in [2.75, 3.05) is 0 Å². The fourth-order valence-electron chi connectivity index (χ4n) is 2.62. The van der Waals surface area contributed by atoms with Gasteiger partial charge in [-0.2, -0.15) is 0 Å². The molecular formula is C21H18Cl2FN5. The van der Waals surface area contributed by atoms with Gasteiger partial charge in [-0.05, 0) is 24.6 Å². The highest BCUT2D eigenvalue weighted by molar-refractivity contribution is 6.64. The van der Waals surface area contributed by atoms with Crippen LogP contribution >= 0.6 is 23.2 Å². The number of aromatic amines is 1. The highest BCUT2D eigenvalue weighted by atomic mass is 35.5. The van der Waals surface area contributed by atoms with E-state index in [0.717, 1.165) is 0 Å². The number of H-pyrrole nitrogens is 1.